The van der Waals surface area contributed by atoms with E-state index in [1.807, 2.05) is 12.1 Å². The molecule has 23 heavy (non-hydrogen) atoms. The van der Waals surface area contributed by atoms with Crippen molar-refractivity contribution in [3.8, 4) is 0 Å². The highest BCUT2D eigenvalue weighted by Crippen LogP contribution is 2.13. The van der Waals surface area contributed by atoms with E-state index in [1.54, 1.807) is 12.1 Å². The fourth-order valence-corrected chi connectivity index (χ4v) is 2.33. The molecule has 0 bridgehead atoms. The Hall–Kier alpha value is -2.03. The van der Waals surface area contributed by atoms with Crippen LogP contribution in [-0.4, -0.2) is 23.0 Å². The molecule has 120 valence electrons. The first-order chi connectivity index (χ1) is 10.9. The summed E-state index contributed by atoms with van der Waals surface area (Å²) in [5.41, 5.74) is 0.177. The van der Waals surface area contributed by atoms with Gasteiger partial charge in [0.1, 0.15) is 6.04 Å². The van der Waals surface area contributed by atoms with Gasteiger partial charge in [0.2, 0.25) is 0 Å². The number of amides is 1. The molecule has 2 aromatic rings. The van der Waals surface area contributed by atoms with E-state index in [0.29, 0.717) is 5.56 Å². The second kappa shape index (κ2) is 7.49. The number of halogens is 3. The molecule has 2 aromatic carbocycles. The van der Waals surface area contributed by atoms with Crippen LogP contribution >= 0.6 is 22.6 Å². The maximum absolute atomic E-state index is 13.6. The summed E-state index contributed by atoms with van der Waals surface area (Å²) in [6, 6.07) is 9.02. The maximum atomic E-state index is 13.6. The van der Waals surface area contributed by atoms with Gasteiger partial charge in [-0.25, -0.2) is 13.6 Å². The van der Waals surface area contributed by atoms with Crippen molar-refractivity contribution in [1.29, 1.82) is 0 Å². The first-order valence-corrected chi connectivity index (χ1v) is 7.68. The number of carboxylic acid groups (broad SMARTS) is 1. The lowest BCUT2D eigenvalue weighted by Gasteiger charge is -2.15. The van der Waals surface area contributed by atoms with Crippen LogP contribution in [0.15, 0.2) is 42.5 Å². The highest BCUT2D eigenvalue weighted by molar-refractivity contribution is 14.1. The van der Waals surface area contributed by atoms with Crippen LogP contribution in [0.3, 0.4) is 0 Å². The van der Waals surface area contributed by atoms with Crippen molar-refractivity contribution in [2.45, 2.75) is 12.5 Å². The van der Waals surface area contributed by atoms with Crippen molar-refractivity contribution in [3.05, 3.63) is 68.8 Å². The zero-order valence-electron chi connectivity index (χ0n) is 11.7. The smallest absolute Gasteiger partial charge is 0.326 e. The highest BCUT2D eigenvalue weighted by Gasteiger charge is 2.23. The molecule has 0 unspecified atom stereocenters. The first-order valence-electron chi connectivity index (χ1n) is 6.60. The van der Waals surface area contributed by atoms with Crippen LogP contribution in [0.1, 0.15) is 15.9 Å². The third kappa shape index (κ3) is 4.47. The van der Waals surface area contributed by atoms with Crippen LogP contribution < -0.4 is 5.32 Å². The number of carboxylic acids is 1. The highest BCUT2D eigenvalue weighted by atomic mass is 127. The number of aliphatic carboxylic acids is 1. The Morgan fingerprint density at radius 3 is 2.39 bits per heavy atom. The monoisotopic (exact) mass is 431 g/mol. The Morgan fingerprint density at radius 1 is 1.13 bits per heavy atom. The van der Waals surface area contributed by atoms with Crippen molar-refractivity contribution >= 4 is 34.5 Å². The summed E-state index contributed by atoms with van der Waals surface area (Å²) >= 11 is 2.11. The Bertz CT molecular complexity index is 735. The molecular formula is C16H12F2INO3. The van der Waals surface area contributed by atoms with Crippen molar-refractivity contribution < 1.29 is 23.5 Å². The normalized spacial score (nSPS) is 11.8. The third-order valence-corrected chi connectivity index (χ3v) is 3.87. The van der Waals surface area contributed by atoms with Gasteiger partial charge < -0.3 is 10.4 Å². The number of carbonyl (C=O) groups is 2. The topological polar surface area (TPSA) is 66.4 Å². The molecule has 0 aliphatic heterocycles. The van der Waals surface area contributed by atoms with Gasteiger partial charge in [0, 0.05) is 9.99 Å². The minimum Gasteiger partial charge on any atom is -0.480 e. The summed E-state index contributed by atoms with van der Waals surface area (Å²) in [5.74, 6) is -4.70. The van der Waals surface area contributed by atoms with E-state index in [1.165, 1.54) is 6.07 Å². The molecule has 2 rings (SSSR count). The van der Waals surface area contributed by atoms with Crippen molar-refractivity contribution in [2.75, 3.05) is 0 Å². The predicted octanol–water partition coefficient (Wildman–Crippen LogP) is 3.00. The van der Waals surface area contributed by atoms with Gasteiger partial charge >= 0.3 is 5.97 Å². The van der Waals surface area contributed by atoms with Crippen molar-refractivity contribution in [3.63, 3.8) is 0 Å². The van der Waals surface area contributed by atoms with Crippen LogP contribution in [0.2, 0.25) is 0 Å². The lowest BCUT2D eigenvalue weighted by Crippen LogP contribution is -2.42. The average molecular weight is 431 g/mol. The Labute approximate surface area is 144 Å². The van der Waals surface area contributed by atoms with E-state index in [-0.39, 0.29) is 6.42 Å². The van der Waals surface area contributed by atoms with E-state index in [0.717, 1.165) is 15.7 Å². The van der Waals surface area contributed by atoms with E-state index in [9.17, 15) is 23.5 Å². The molecule has 0 aliphatic carbocycles. The molecule has 2 N–H and O–H groups in total. The molecule has 1 amide bonds. The van der Waals surface area contributed by atoms with Gasteiger partial charge in [0.15, 0.2) is 11.6 Å². The van der Waals surface area contributed by atoms with Crippen LogP contribution in [-0.2, 0) is 11.2 Å². The summed E-state index contributed by atoms with van der Waals surface area (Å²) in [6.07, 6.45) is 0.0366. The summed E-state index contributed by atoms with van der Waals surface area (Å²) < 4.78 is 27.7. The van der Waals surface area contributed by atoms with Gasteiger partial charge in [-0.05, 0) is 52.4 Å². The molecule has 1 atom stereocenters. The molecule has 0 aliphatic rings. The molecule has 0 heterocycles. The molecular weight excluding hydrogens is 419 g/mol. The van der Waals surface area contributed by atoms with Crippen LogP contribution in [0.5, 0.6) is 0 Å². The lowest BCUT2D eigenvalue weighted by molar-refractivity contribution is -0.139. The number of hydrogen-bond donors (Lipinski definition) is 2. The van der Waals surface area contributed by atoms with Crippen molar-refractivity contribution in [2.24, 2.45) is 0 Å². The lowest BCUT2D eigenvalue weighted by atomic mass is 10.1. The SMILES string of the molecule is O=C(N[C@@H](Cc1ccc(I)cc1)C(=O)O)c1cccc(F)c1F. The maximum Gasteiger partial charge on any atom is 0.326 e. The van der Waals surface area contributed by atoms with Crippen molar-refractivity contribution in [1.82, 2.24) is 5.32 Å². The summed E-state index contributed by atoms with van der Waals surface area (Å²) in [6.45, 7) is 0. The Balaban J connectivity index is 2.16. The molecule has 0 fully saturated rings. The molecule has 0 saturated carbocycles. The molecule has 0 aromatic heterocycles. The fourth-order valence-electron chi connectivity index (χ4n) is 1.97. The quantitative estimate of drug-likeness (QED) is 0.716. The first kappa shape index (κ1) is 17.3. The second-order valence-electron chi connectivity index (χ2n) is 4.80. The summed E-state index contributed by atoms with van der Waals surface area (Å²) in [7, 11) is 0. The van der Waals surface area contributed by atoms with Gasteiger partial charge in [0.25, 0.3) is 5.91 Å². The molecule has 0 radical (unpaired) electrons. The number of nitrogens with one attached hydrogen (secondary N) is 1. The summed E-state index contributed by atoms with van der Waals surface area (Å²) in [5, 5.41) is 11.4. The number of hydrogen-bond acceptors (Lipinski definition) is 2. The van der Waals surface area contributed by atoms with E-state index < -0.39 is 35.1 Å². The zero-order valence-corrected chi connectivity index (χ0v) is 13.9. The van der Waals surface area contributed by atoms with Crippen LogP contribution in [0.25, 0.3) is 0 Å². The molecule has 0 spiro atoms. The van der Waals surface area contributed by atoms with Crippen LogP contribution in [0, 0.1) is 15.2 Å². The predicted molar refractivity (Wildman–Crippen MR) is 88.1 cm³/mol. The fraction of sp³-hybridized carbons (Fsp3) is 0.125. The number of benzene rings is 2. The molecule has 0 saturated heterocycles. The van der Waals surface area contributed by atoms with E-state index in [2.05, 4.69) is 27.9 Å². The largest absolute Gasteiger partial charge is 0.480 e. The average Bonchev–Trinajstić information content (AvgIpc) is 2.51. The van der Waals surface area contributed by atoms with E-state index in [4.69, 9.17) is 0 Å². The Kier molecular flexibility index (Phi) is 5.64. The second-order valence-corrected chi connectivity index (χ2v) is 6.04. The van der Waals surface area contributed by atoms with Gasteiger partial charge in [0.05, 0.1) is 5.56 Å². The van der Waals surface area contributed by atoms with Crippen LogP contribution in [0.4, 0.5) is 8.78 Å². The van der Waals surface area contributed by atoms with Gasteiger partial charge in [-0.1, -0.05) is 18.2 Å². The van der Waals surface area contributed by atoms with Gasteiger partial charge in [-0.2, -0.15) is 0 Å². The minimum absolute atomic E-state index is 0.0366. The van der Waals surface area contributed by atoms with Gasteiger partial charge in [-0.3, -0.25) is 4.79 Å². The molecule has 4 nitrogen and oxygen atoms in total. The van der Waals surface area contributed by atoms with E-state index >= 15 is 0 Å². The summed E-state index contributed by atoms with van der Waals surface area (Å²) in [4.78, 5) is 23.3. The van der Waals surface area contributed by atoms with Gasteiger partial charge in [-0.15, -0.1) is 0 Å². The third-order valence-electron chi connectivity index (χ3n) is 3.15. The molecule has 7 heteroatoms. The minimum atomic E-state index is -1.30. The number of rotatable bonds is 5. The number of carbonyl (C=O) groups excluding carboxylic acids is 1. The Morgan fingerprint density at radius 2 is 1.78 bits per heavy atom. The zero-order chi connectivity index (χ0) is 17.0. The standard InChI is InChI=1S/C16H12F2INO3/c17-12-3-1-2-11(14(12)18)15(21)20-13(16(22)23)8-9-4-6-10(19)7-5-9/h1-7,13H,8H2,(H,20,21)(H,22,23)/t13-/m0/s1.